The van der Waals surface area contributed by atoms with Gasteiger partial charge in [-0.15, -0.1) is 11.3 Å². The van der Waals surface area contributed by atoms with Gasteiger partial charge in [0.2, 0.25) is 15.9 Å². The second-order valence-electron chi connectivity index (χ2n) is 6.56. The molecule has 2 aromatic rings. The van der Waals surface area contributed by atoms with Crippen LogP contribution in [0.5, 0.6) is 0 Å². The van der Waals surface area contributed by atoms with Crippen LogP contribution in [-0.4, -0.2) is 59.5 Å². The van der Waals surface area contributed by atoms with Gasteiger partial charge in [-0.3, -0.25) is 9.48 Å². The third-order valence-corrected chi connectivity index (χ3v) is 7.73. The first-order valence-electron chi connectivity index (χ1n) is 8.81. The second-order valence-corrected chi connectivity index (χ2v) is 9.41. The fraction of sp³-hybridized carbons (Fsp3) is 0.444. The van der Waals surface area contributed by atoms with Crippen molar-refractivity contribution in [2.24, 2.45) is 7.05 Å². The Morgan fingerprint density at radius 3 is 2.63 bits per heavy atom. The van der Waals surface area contributed by atoms with Gasteiger partial charge in [-0.05, 0) is 37.8 Å². The molecular formula is C18H24N4O3S2. The van der Waals surface area contributed by atoms with Crippen LogP contribution in [0.1, 0.15) is 22.7 Å². The Bertz CT molecular complexity index is 946. The largest absolute Gasteiger partial charge is 0.338 e. The quantitative estimate of drug-likeness (QED) is 0.726. The lowest BCUT2D eigenvalue weighted by molar-refractivity contribution is -0.125. The van der Waals surface area contributed by atoms with Crippen LogP contribution in [0.3, 0.4) is 0 Å². The van der Waals surface area contributed by atoms with Crippen LogP contribution in [0.25, 0.3) is 6.08 Å². The van der Waals surface area contributed by atoms with Crippen molar-refractivity contribution in [1.29, 1.82) is 0 Å². The first kappa shape index (κ1) is 19.8. The molecule has 0 spiro atoms. The SMILES string of the molecule is Cc1nn(C)c(C)c1S(=O)(=O)N1CCCN(C(=O)/C=C/c2cccs2)CC1. The zero-order valence-electron chi connectivity index (χ0n) is 15.8. The van der Waals surface area contributed by atoms with Crippen LogP contribution in [0.2, 0.25) is 0 Å². The molecule has 0 aliphatic carbocycles. The highest BCUT2D eigenvalue weighted by atomic mass is 32.2. The van der Waals surface area contributed by atoms with Crippen molar-refractivity contribution in [3.05, 3.63) is 39.9 Å². The molecule has 1 saturated heterocycles. The second kappa shape index (κ2) is 7.95. The van der Waals surface area contributed by atoms with E-state index in [0.29, 0.717) is 37.4 Å². The highest BCUT2D eigenvalue weighted by Gasteiger charge is 2.32. The third kappa shape index (κ3) is 4.15. The topological polar surface area (TPSA) is 75.5 Å². The maximum Gasteiger partial charge on any atom is 0.246 e. The minimum atomic E-state index is -3.63. The molecule has 1 fully saturated rings. The molecule has 0 atom stereocenters. The van der Waals surface area contributed by atoms with Gasteiger partial charge in [0, 0.05) is 44.2 Å². The molecule has 1 amide bonds. The monoisotopic (exact) mass is 408 g/mol. The molecule has 0 unspecified atom stereocenters. The lowest BCUT2D eigenvalue weighted by atomic mass is 10.3. The van der Waals surface area contributed by atoms with Gasteiger partial charge >= 0.3 is 0 Å². The molecular weight excluding hydrogens is 384 g/mol. The van der Waals surface area contributed by atoms with Crippen LogP contribution in [0, 0.1) is 13.8 Å². The van der Waals surface area contributed by atoms with Gasteiger partial charge < -0.3 is 4.90 Å². The molecule has 9 heteroatoms. The van der Waals surface area contributed by atoms with Gasteiger partial charge in [-0.1, -0.05) is 6.07 Å². The van der Waals surface area contributed by atoms with E-state index in [4.69, 9.17) is 0 Å². The van der Waals surface area contributed by atoms with Crippen LogP contribution >= 0.6 is 11.3 Å². The van der Waals surface area contributed by atoms with Crippen molar-refractivity contribution in [2.75, 3.05) is 26.2 Å². The number of hydrogen-bond donors (Lipinski definition) is 0. The number of aromatic nitrogens is 2. The van der Waals surface area contributed by atoms with E-state index in [1.54, 1.807) is 54.0 Å². The summed E-state index contributed by atoms with van der Waals surface area (Å²) in [6, 6.07) is 3.88. The molecule has 7 nitrogen and oxygen atoms in total. The number of rotatable bonds is 4. The predicted octanol–water partition coefficient (Wildman–Crippen LogP) is 2.03. The number of thiophene rings is 1. The highest BCUT2D eigenvalue weighted by molar-refractivity contribution is 7.89. The minimum absolute atomic E-state index is 0.0867. The van der Waals surface area contributed by atoms with Crippen LogP contribution in [0.15, 0.2) is 28.5 Å². The Morgan fingerprint density at radius 2 is 2.00 bits per heavy atom. The maximum atomic E-state index is 13.1. The highest BCUT2D eigenvalue weighted by Crippen LogP contribution is 2.24. The Hall–Kier alpha value is -1.97. The molecule has 146 valence electrons. The van der Waals surface area contributed by atoms with Gasteiger partial charge in [-0.25, -0.2) is 8.42 Å². The molecule has 0 N–H and O–H groups in total. The average molecular weight is 409 g/mol. The summed E-state index contributed by atoms with van der Waals surface area (Å²) in [7, 11) is -1.89. The van der Waals surface area contributed by atoms with E-state index in [0.717, 1.165) is 4.88 Å². The smallest absolute Gasteiger partial charge is 0.246 e. The lowest BCUT2D eigenvalue weighted by Crippen LogP contribution is -2.37. The number of nitrogens with zero attached hydrogens (tertiary/aromatic N) is 4. The van der Waals surface area contributed by atoms with E-state index in [1.165, 1.54) is 4.31 Å². The van der Waals surface area contributed by atoms with E-state index in [2.05, 4.69) is 5.10 Å². The standard InChI is InChI=1S/C18H24N4O3S2/c1-14-18(15(2)20(3)19-14)27(24,25)22-10-5-9-21(11-12-22)17(23)8-7-16-6-4-13-26-16/h4,6-8,13H,5,9-12H2,1-3H3/b8-7+. The fourth-order valence-electron chi connectivity index (χ4n) is 3.26. The Labute approximate surface area is 163 Å². The maximum absolute atomic E-state index is 13.1. The minimum Gasteiger partial charge on any atom is -0.338 e. The number of carbonyl (C=O) groups excluding carboxylic acids is 1. The summed E-state index contributed by atoms with van der Waals surface area (Å²) in [5, 5.41) is 6.18. The van der Waals surface area contributed by atoms with Crippen molar-refractivity contribution >= 4 is 33.3 Å². The van der Waals surface area contributed by atoms with E-state index in [-0.39, 0.29) is 17.3 Å². The van der Waals surface area contributed by atoms with E-state index in [1.807, 2.05) is 17.5 Å². The summed E-state index contributed by atoms with van der Waals surface area (Å²) in [4.78, 5) is 15.5. The number of hydrogen-bond acceptors (Lipinski definition) is 5. The van der Waals surface area contributed by atoms with Crippen molar-refractivity contribution in [2.45, 2.75) is 25.2 Å². The number of aryl methyl sites for hydroxylation is 2. The molecule has 1 aliphatic rings. The average Bonchev–Trinajstić information content (AvgIpc) is 3.12. The van der Waals surface area contributed by atoms with Crippen molar-refractivity contribution in [1.82, 2.24) is 19.0 Å². The number of amides is 1. The van der Waals surface area contributed by atoms with E-state index < -0.39 is 10.0 Å². The van der Waals surface area contributed by atoms with Crippen LogP contribution in [0.4, 0.5) is 0 Å². The summed E-state index contributed by atoms with van der Waals surface area (Å²) in [5.41, 5.74) is 1.13. The van der Waals surface area contributed by atoms with Gasteiger partial charge in [0.25, 0.3) is 0 Å². The summed E-state index contributed by atoms with van der Waals surface area (Å²) in [6.07, 6.45) is 3.97. The molecule has 0 saturated carbocycles. The Balaban J connectivity index is 1.71. The molecule has 1 aliphatic heterocycles. The lowest BCUT2D eigenvalue weighted by Gasteiger charge is -2.21. The number of sulfonamides is 1. The Kier molecular flexibility index (Phi) is 5.83. The molecule has 0 radical (unpaired) electrons. The number of carbonyl (C=O) groups is 1. The summed E-state index contributed by atoms with van der Waals surface area (Å²) in [6.45, 7) is 5.08. The summed E-state index contributed by atoms with van der Waals surface area (Å²) < 4.78 is 29.3. The first-order valence-corrected chi connectivity index (χ1v) is 11.1. The molecule has 3 rings (SSSR count). The molecule has 0 aromatic carbocycles. The molecule has 0 bridgehead atoms. The van der Waals surface area contributed by atoms with E-state index >= 15 is 0 Å². The predicted molar refractivity (Wildman–Crippen MR) is 106 cm³/mol. The first-order chi connectivity index (χ1) is 12.8. The van der Waals surface area contributed by atoms with Gasteiger partial charge in [0.15, 0.2) is 0 Å². The van der Waals surface area contributed by atoms with Gasteiger partial charge in [-0.2, -0.15) is 9.40 Å². The van der Waals surface area contributed by atoms with Crippen LogP contribution < -0.4 is 0 Å². The normalized spacial score (nSPS) is 16.8. The van der Waals surface area contributed by atoms with Crippen LogP contribution in [-0.2, 0) is 21.9 Å². The van der Waals surface area contributed by atoms with Crippen molar-refractivity contribution < 1.29 is 13.2 Å². The zero-order valence-corrected chi connectivity index (χ0v) is 17.4. The van der Waals surface area contributed by atoms with Gasteiger partial charge in [0.1, 0.15) is 4.90 Å². The summed E-state index contributed by atoms with van der Waals surface area (Å²) >= 11 is 1.57. The summed E-state index contributed by atoms with van der Waals surface area (Å²) in [5.74, 6) is -0.0867. The van der Waals surface area contributed by atoms with Crippen molar-refractivity contribution in [3.8, 4) is 0 Å². The van der Waals surface area contributed by atoms with Crippen molar-refractivity contribution in [3.63, 3.8) is 0 Å². The fourth-order valence-corrected chi connectivity index (χ4v) is 5.74. The third-order valence-electron chi connectivity index (χ3n) is 4.74. The molecule has 3 heterocycles. The Morgan fingerprint density at radius 1 is 1.22 bits per heavy atom. The molecule has 2 aromatic heterocycles. The van der Waals surface area contributed by atoms with E-state index in [9.17, 15) is 13.2 Å². The van der Waals surface area contributed by atoms with Gasteiger partial charge in [0.05, 0.1) is 11.4 Å². The zero-order chi connectivity index (χ0) is 19.6. The molecule has 27 heavy (non-hydrogen) atoms.